The van der Waals surface area contributed by atoms with Crippen molar-refractivity contribution in [2.75, 3.05) is 11.9 Å². The molecule has 0 saturated heterocycles. The largest absolute Gasteiger partial charge is 0.477 e. The second-order valence-electron chi connectivity index (χ2n) is 3.79. The van der Waals surface area contributed by atoms with Crippen LogP contribution < -0.4 is 4.90 Å². The number of aromatic nitrogens is 1. The number of hydrogen-bond donors (Lipinski definition) is 1. The molecule has 4 nitrogen and oxygen atoms in total. The summed E-state index contributed by atoms with van der Waals surface area (Å²) in [7, 11) is 1.98. The summed E-state index contributed by atoms with van der Waals surface area (Å²) in [6.45, 7) is 4.26. The monoisotopic (exact) mass is 222 g/mol. The van der Waals surface area contributed by atoms with Crippen molar-refractivity contribution < 1.29 is 9.90 Å². The molecular weight excluding hydrogens is 204 g/mol. The minimum absolute atomic E-state index is 0.0929. The van der Waals surface area contributed by atoms with Gasteiger partial charge >= 0.3 is 5.97 Å². The first kappa shape index (κ1) is 12.5. The fraction of sp³-hybridized carbons (Fsp3) is 0.500. The Kier molecular flexibility index (Phi) is 4.28. The molecule has 0 atom stereocenters. The minimum atomic E-state index is -0.986. The molecule has 0 amide bonds. The van der Waals surface area contributed by atoms with E-state index in [-0.39, 0.29) is 5.69 Å². The molecule has 1 heterocycles. The van der Waals surface area contributed by atoms with Crippen molar-refractivity contribution in [1.82, 2.24) is 4.98 Å². The Morgan fingerprint density at radius 3 is 2.62 bits per heavy atom. The van der Waals surface area contributed by atoms with E-state index in [1.165, 1.54) is 6.20 Å². The maximum absolute atomic E-state index is 10.8. The van der Waals surface area contributed by atoms with Gasteiger partial charge in [0.15, 0.2) is 0 Å². The lowest BCUT2D eigenvalue weighted by atomic mass is 10.1. The Bertz CT molecular complexity index is 362. The molecule has 0 aliphatic heterocycles. The number of rotatable bonds is 5. The molecule has 1 N–H and O–H groups in total. The van der Waals surface area contributed by atoms with Gasteiger partial charge in [0.05, 0.1) is 0 Å². The fourth-order valence-corrected chi connectivity index (χ4v) is 1.80. The van der Waals surface area contributed by atoms with Gasteiger partial charge in [0.25, 0.3) is 0 Å². The Morgan fingerprint density at radius 1 is 1.50 bits per heavy atom. The van der Waals surface area contributed by atoms with E-state index in [0.717, 1.165) is 18.5 Å². The summed E-state index contributed by atoms with van der Waals surface area (Å²) in [5.74, 6) is -0.986. The molecule has 0 aliphatic carbocycles. The molecule has 1 aromatic rings. The first-order chi connectivity index (χ1) is 7.60. The van der Waals surface area contributed by atoms with Crippen molar-refractivity contribution in [1.29, 1.82) is 0 Å². The molecule has 0 spiro atoms. The van der Waals surface area contributed by atoms with Gasteiger partial charge in [-0.15, -0.1) is 0 Å². The third kappa shape index (κ3) is 2.72. The summed E-state index contributed by atoms with van der Waals surface area (Å²) in [6.07, 6.45) is 3.62. The van der Waals surface area contributed by atoms with Gasteiger partial charge in [-0.3, -0.25) is 0 Å². The van der Waals surface area contributed by atoms with E-state index >= 15 is 0 Å². The Morgan fingerprint density at radius 2 is 2.12 bits per heavy atom. The predicted octanol–water partition coefficient (Wildman–Crippen LogP) is 2.40. The summed E-state index contributed by atoms with van der Waals surface area (Å²) >= 11 is 0. The average Bonchev–Trinajstić information content (AvgIpc) is 2.30. The predicted molar refractivity (Wildman–Crippen MR) is 64.0 cm³/mol. The molecule has 0 saturated carbocycles. The number of hydrogen-bond acceptors (Lipinski definition) is 3. The number of anilines is 1. The van der Waals surface area contributed by atoms with Crippen molar-refractivity contribution in [3.63, 3.8) is 0 Å². The van der Waals surface area contributed by atoms with Crippen LogP contribution in [-0.4, -0.2) is 29.1 Å². The lowest BCUT2D eigenvalue weighted by molar-refractivity contribution is 0.0690. The zero-order valence-corrected chi connectivity index (χ0v) is 9.97. The third-order valence-electron chi connectivity index (χ3n) is 2.86. The SMILES string of the molecule is CCC(CC)N(C)c1ccnc(C(=O)O)c1. The van der Waals surface area contributed by atoms with Crippen LogP contribution in [0.4, 0.5) is 5.69 Å². The van der Waals surface area contributed by atoms with Gasteiger partial charge in [0.1, 0.15) is 5.69 Å². The van der Waals surface area contributed by atoms with Crippen LogP contribution in [0.15, 0.2) is 18.3 Å². The lowest BCUT2D eigenvalue weighted by Crippen LogP contribution is -2.30. The second-order valence-corrected chi connectivity index (χ2v) is 3.79. The highest BCUT2D eigenvalue weighted by atomic mass is 16.4. The van der Waals surface area contributed by atoms with Crippen LogP contribution in [0.3, 0.4) is 0 Å². The Balaban J connectivity index is 2.94. The van der Waals surface area contributed by atoms with Crippen LogP contribution in [0.2, 0.25) is 0 Å². The molecule has 0 fully saturated rings. The summed E-state index contributed by atoms with van der Waals surface area (Å²) in [6, 6.07) is 3.88. The van der Waals surface area contributed by atoms with E-state index in [9.17, 15) is 4.79 Å². The lowest BCUT2D eigenvalue weighted by Gasteiger charge is -2.28. The third-order valence-corrected chi connectivity index (χ3v) is 2.86. The molecular formula is C12H18N2O2. The Hall–Kier alpha value is -1.58. The van der Waals surface area contributed by atoms with Crippen LogP contribution in [0.1, 0.15) is 37.2 Å². The first-order valence-electron chi connectivity index (χ1n) is 5.52. The number of carboxylic acids is 1. The van der Waals surface area contributed by atoms with Gasteiger partial charge in [-0.1, -0.05) is 13.8 Å². The molecule has 0 bridgehead atoms. The molecule has 0 unspecified atom stereocenters. The van der Waals surface area contributed by atoms with Crippen LogP contribution in [0.25, 0.3) is 0 Å². The van der Waals surface area contributed by atoms with E-state index < -0.39 is 5.97 Å². The van der Waals surface area contributed by atoms with Gasteiger partial charge in [-0.2, -0.15) is 0 Å². The zero-order valence-electron chi connectivity index (χ0n) is 9.97. The van der Waals surface area contributed by atoms with Gasteiger partial charge in [0, 0.05) is 25.0 Å². The highest BCUT2D eigenvalue weighted by molar-refractivity contribution is 5.86. The number of aromatic carboxylic acids is 1. The van der Waals surface area contributed by atoms with Crippen molar-refractivity contribution >= 4 is 11.7 Å². The summed E-state index contributed by atoms with van der Waals surface area (Å²) in [5.41, 5.74) is 0.997. The fourth-order valence-electron chi connectivity index (χ4n) is 1.80. The summed E-state index contributed by atoms with van der Waals surface area (Å²) in [4.78, 5) is 16.7. The van der Waals surface area contributed by atoms with Gasteiger partial charge in [-0.05, 0) is 25.0 Å². The standard InChI is InChI=1S/C12H18N2O2/c1-4-9(5-2)14(3)10-6-7-13-11(8-10)12(15)16/h6-9H,4-5H2,1-3H3,(H,15,16). The van der Waals surface area contributed by atoms with Crippen LogP contribution in [-0.2, 0) is 0 Å². The molecule has 1 rings (SSSR count). The van der Waals surface area contributed by atoms with Crippen molar-refractivity contribution in [2.45, 2.75) is 32.7 Å². The first-order valence-corrected chi connectivity index (χ1v) is 5.52. The van der Waals surface area contributed by atoms with E-state index in [4.69, 9.17) is 5.11 Å². The van der Waals surface area contributed by atoms with E-state index in [0.29, 0.717) is 6.04 Å². The molecule has 16 heavy (non-hydrogen) atoms. The summed E-state index contributed by atoms with van der Waals surface area (Å²) in [5, 5.41) is 8.86. The van der Waals surface area contributed by atoms with Crippen LogP contribution in [0.5, 0.6) is 0 Å². The topological polar surface area (TPSA) is 53.4 Å². The molecule has 0 radical (unpaired) electrons. The van der Waals surface area contributed by atoms with E-state index in [1.807, 2.05) is 13.1 Å². The second kappa shape index (κ2) is 5.49. The number of carboxylic acid groups (broad SMARTS) is 1. The van der Waals surface area contributed by atoms with Crippen LogP contribution >= 0.6 is 0 Å². The molecule has 88 valence electrons. The van der Waals surface area contributed by atoms with Crippen LogP contribution in [0, 0.1) is 0 Å². The maximum Gasteiger partial charge on any atom is 0.354 e. The smallest absolute Gasteiger partial charge is 0.354 e. The maximum atomic E-state index is 10.8. The number of pyridine rings is 1. The van der Waals surface area contributed by atoms with E-state index in [2.05, 4.69) is 23.7 Å². The molecule has 0 aromatic carbocycles. The zero-order chi connectivity index (χ0) is 12.1. The quantitative estimate of drug-likeness (QED) is 0.831. The highest BCUT2D eigenvalue weighted by Crippen LogP contribution is 2.18. The molecule has 0 aliphatic rings. The van der Waals surface area contributed by atoms with Gasteiger partial charge in [-0.25, -0.2) is 9.78 Å². The Labute approximate surface area is 95.9 Å². The number of nitrogens with zero attached hydrogens (tertiary/aromatic N) is 2. The average molecular weight is 222 g/mol. The minimum Gasteiger partial charge on any atom is -0.477 e. The molecule has 1 aromatic heterocycles. The number of carbonyl (C=O) groups is 1. The van der Waals surface area contributed by atoms with Gasteiger partial charge < -0.3 is 10.0 Å². The van der Waals surface area contributed by atoms with Gasteiger partial charge in [0.2, 0.25) is 0 Å². The van der Waals surface area contributed by atoms with Crippen molar-refractivity contribution in [3.8, 4) is 0 Å². The molecule has 4 heteroatoms. The highest BCUT2D eigenvalue weighted by Gasteiger charge is 2.13. The van der Waals surface area contributed by atoms with E-state index in [1.54, 1.807) is 6.07 Å². The summed E-state index contributed by atoms with van der Waals surface area (Å²) < 4.78 is 0. The van der Waals surface area contributed by atoms with Crippen molar-refractivity contribution in [2.24, 2.45) is 0 Å². The normalized spacial score (nSPS) is 10.5. The van der Waals surface area contributed by atoms with Crippen molar-refractivity contribution in [3.05, 3.63) is 24.0 Å².